The zero-order chi connectivity index (χ0) is 29.8. The smallest absolute Gasteiger partial charge is 0.243 e. The number of benzene rings is 3. The summed E-state index contributed by atoms with van der Waals surface area (Å²) in [6.45, 7) is 4.87. The van der Waals surface area contributed by atoms with Crippen molar-refractivity contribution in [3.05, 3.63) is 95.0 Å². The number of nitrogens with zero attached hydrogens (tertiary/aromatic N) is 2. The number of ether oxygens (including phenoxy) is 1. The second kappa shape index (κ2) is 15.4. The van der Waals surface area contributed by atoms with Gasteiger partial charge in [0.05, 0.1) is 18.6 Å². The van der Waals surface area contributed by atoms with E-state index in [-0.39, 0.29) is 37.7 Å². The lowest BCUT2D eigenvalue weighted by atomic mass is 10.0. The van der Waals surface area contributed by atoms with Crippen molar-refractivity contribution in [3.63, 3.8) is 0 Å². The van der Waals surface area contributed by atoms with Crippen LogP contribution in [0.15, 0.2) is 78.9 Å². The van der Waals surface area contributed by atoms with E-state index < -0.39 is 16.1 Å². The minimum atomic E-state index is -3.61. The first kappa shape index (κ1) is 32.0. The molecule has 2 amide bonds. The average molecular weight is 600 g/mol. The molecule has 0 aliphatic rings. The number of amides is 2. The van der Waals surface area contributed by atoms with Gasteiger partial charge in [-0.2, -0.15) is 0 Å². The number of carbonyl (C=O) groups excluding carboxylic acids is 2. The molecule has 0 radical (unpaired) electrons. The van der Waals surface area contributed by atoms with Crippen molar-refractivity contribution in [1.82, 2.24) is 10.2 Å². The third-order valence-corrected chi connectivity index (χ3v) is 8.07. The number of anilines is 1. The molecule has 0 saturated heterocycles. The van der Waals surface area contributed by atoms with Gasteiger partial charge in [-0.15, -0.1) is 0 Å². The number of sulfonamides is 1. The van der Waals surface area contributed by atoms with E-state index in [2.05, 4.69) is 5.32 Å². The van der Waals surface area contributed by atoms with Crippen LogP contribution in [-0.2, 0) is 32.6 Å². The van der Waals surface area contributed by atoms with E-state index in [4.69, 9.17) is 16.3 Å². The summed E-state index contributed by atoms with van der Waals surface area (Å²) in [7, 11) is -3.61. The third kappa shape index (κ3) is 9.50. The summed E-state index contributed by atoms with van der Waals surface area (Å²) < 4.78 is 32.0. The first-order valence-electron chi connectivity index (χ1n) is 13.7. The maximum atomic E-state index is 13.8. The molecule has 3 aromatic carbocycles. The standard InChI is InChI=1S/C31H38ClN3O5S/c1-4-33-31(37)29(22-24-12-7-6-8-13-24)34(23-25-14-9-10-15-28(25)32)30(36)16-11-21-35(41(3,38)39)26-17-19-27(20-18-26)40-5-2/h6-10,12-15,17-20,29H,4-5,11,16,21-23H2,1-3H3,(H,33,37). The van der Waals surface area contributed by atoms with E-state index in [0.717, 1.165) is 17.4 Å². The Labute approximate surface area is 248 Å². The summed E-state index contributed by atoms with van der Waals surface area (Å²) in [5.41, 5.74) is 2.12. The summed E-state index contributed by atoms with van der Waals surface area (Å²) in [5, 5.41) is 3.37. The first-order valence-corrected chi connectivity index (χ1v) is 15.9. The summed E-state index contributed by atoms with van der Waals surface area (Å²) in [6.07, 6.45) is 1.76. The Morgan fingerprint density at radius 1 is 0.951 bits per heavy atom. The van der Waals surface area contributed by atoms with Crippen molar-refractivity contribution in [1.29, 1.82) is 0 Å². The highest BCUT2D eigenvalue weighted by Crippen LogP contribution is 2.24. The Bertz CT molecular complexity index is 1380. The number of likely N-dealkylation sites (N-methyl/N-ethyl adjacent to an activating group) is 1. The van der Waals surface area contributed by atoms with Crippen LogP contribution in [0.5, 0.6) is 5.75 Å². The molecule has 0 bridgehead atoms. The molecule has 3 rings (SSSR count). The molecule has 0 aromatic heterocycles. The maximum absolute atomic E-state index is 13.8. The fourth-order valence-electron chi connectivity index (χ4n) is 4.54. The fourth-order valence-corrected chi connectivity index (χ4v) is 5.70. The molecule has 10 heteroatoms. The van der Waals surface area contributed by atoms with Gasteiger partial charge in [0.25, 0.3) is 0 Å². The van der Waals surface area contributed by atoms with Gasteiger partial charge in [0.2, 0.25) is 21.8 Å². The van der Waals surface area contributed by atoms with Crippen LogP contribution in [0.25, 0.3) is 0 Å². The summed E-state index contributed by atoms with van der Waals surface area (Å²) >= 11 is 6.45. The zero-order valence-electron chi connectivity index (χ0n) is 23.8. The molecule has 0 spiro atoms. The van der Waals surface area contributed by atoms with Gasteiger partial charge in [-0.25, -0.2) is 8.42 Å². The Morgan fingerprint density at radius 2 is 1.61 bits per heavy atom. The van der Waals surface area contributed by atoms with Crippen LogP contribution in [0.2, 0.25) is 5.02 Å². The molecular weight excluding hydrogens is 562 g/mol. The van der Waals surface area contributed by atoms with Crippen LogP contribution in [0.4, 0.5) is 5.69 Å². The SMILES string of the molecule is CCNC(=O)C(Cc1ccccc1)N(Cc1ccccc1Cl)C(=O)CCCN(c1ccc(OCC)cc1)S(C)(=O)=O. The van der Waals surface area contributed by atoms with Gasteiger partial charge < -0.3 is 15.0 Å². The highest BCUT2D eigenvalue weighted by atomic mass is 35.5. The molecule has 1 N–H and O–H groups in total. The lowest BCUT2D eigenvalue weighted by Gasteiger charge is -2.32. The molecule has 1 atom stereocenters. The van der Waals surface area contributed by atoms with E-state index >= 15 is 0 Å². The Kier molecular flexibility index (Phi) is 12.0. The number of rotatable bonds is 15. The van der Waals surface area contributed by atoms with Crippen molar-refractivity contribution >= 4 is 39.1 Å². The Balaban J connectivity index is 1.85. The van der Waals surface area contributed by atoms with Crippen molar-refractivity contribution < 1.29 is 22.7 Å². The molecule has 0 fully saturated rings. The zero-order valence-corrected chi connectivity index (χ0v) is 25.3. The molecule has 220 valence electrons. The Hall–Kier alpha value is -3.56. The molecular formula is C31H38ClN3O5S. The van der Waals surface area contributed by atoms with Gasteiger partial charge in [-0.1, -0.05) is 60.1 Å². The highest BCUT2D eigenvalue weighted by Gasteiger charge is 2.30. The monoisotopic (exact) mass is 599 g/mol. The molecule has 0 saturated carbocycles. The van der Waals surface area contributed by atoms with Crippen molar-refractivity contribution in [3.8, 4) is 5.75 Å². The third-order valence-electron chi connectivity index (χ3n) is 6.51. The minimum Gasteiger partial charge on any atom is -0.494 e. The number of halogens is 1. The molecule has 0 aliphatic heterocycles. The summed E-state index contributed by atoms with van der Waals surface area (Å²) in [5.74, 6) is 0.117. The van der Waals surface area contributed by atoms with Gasteiger partial charge in [0.15, 0.2) is 0 Å². The lowest BCUT2D eigenvalue weighted by molar-refractivity contribution is -0.141. The second-order valence-corrected chi connectivity index (χ2v) is 11.9. The summed E-state index contributed by atoms with van der Waals surface area (Å²) in [6, 6.07) is 22.8. The summed E-state index contributed by atoms with van der Waals surface area (Å²) in [4.78, 5) is 28.7. The molecule has 8 nitrogen and oxygen atoms in total. The van der Waals surface area contributed by atoms with Crippen molar-refractivity contribution in [2.24, 2.45) is 0 Å². The predicted molar refractivity (Wildman–Crippen MR) is 164 cm³/mol. The minimum absolute atomic E-state index is 0.0399. The van der Waals surface area contributed by atoms with Crippen LogP contribution < -0.4 is 14.4 Å². The Morgan fingerprint density at radius 3 is 2.22 bits per heavy atom. The van der Waals surface area contributed by atoms with E-state index in [1.807, 2.05) is 62.4 Å². The van der Waals surface area contributed by atoms with E-state index in [0.29, 0.717) is 36.0 Å². The van der Waals surface area contributed by atoms with Gasteiger partial charge in [-0.05, 0) is 61.7 Å². The van der Waals surface area contributed by atoms with Crippen LogP contribution in [0, 0.1) is 0 Å². The second-order valence-electron chi connectivity index (χ2n) is 9.58. The topological polar surface area (TPSA) is 96.0 Å². The van der Waals surface area contributed by atoms with Crippen molar-refractivity contribution in [2.75, 3.05) is 30.3 Å². The largest absolute Gasteiger partial charge is 0.494 e. The van der Waals surface area contributed by atoms with Gasteiger partial charge in [-0.3, -0.25) is 13.9 Å². The van der Waals surface area contributed by atoms with Crippen LogP contribution in [0.1, 0.15) is 37.8 Å². The van der Waals surface area contributed by atoms with Gasteiger partial charge >= 0.3 is 0 Å². The maximum Gasteiger partial charge on any atom is 0.243 e. The molecule has 0 aliphatic carbocycles. The molecule has 3 aromatic rings. The quantitative estimate of drug-likeness (QED) is 0.263. The van der Waals surface area contributed by atoms with Crippen LogP contribution in [-0.4, -0.2) is 57.1 Å². The van der Waals surface area contributed by atoms with Crippen molar-refractivity contribution in [2.45, 2.75) is 45.7 Å². The predicted octanol–water partition coefficient (Wildman–Crippen LogP) is 5.06. The average Bonchev–Trinajstić information content (AvgIpc) is 2.94. The number of nitrogens with one attached hydrogen (secondary N) is 1. The van der Waals surface area contributed by atoms with Crippen LogP contribution in [0.3, 0.4) is 0 Å². The van der Waals surface area contributed by atoms with Gasteiger partial charge in [0.1, 0.15) is 11.8 Å². The molecule has 0 heterocycles. The number of hydrogen-bond acceptors (Lipinski definition) is 5. The molecule has 41 heavy (non-hydrogen) atoms. The van der Waals surface area contributed by atoms with Gasteiger partial charge in [0, 0.05) is 37.5 Å². The first-order chi connectivity index (χ1) is 19.6. The number of hydrogen-bond donors (Lipinski definition) is 1. The highest BCUT2D eigenvalue weighted by molar-refractivity contribution is 7.92. The van der Waals surface area contributed by atoms with Crippen LogP contribution >= 0.6 is 11.6 Å². The lowest BCUT2D eigenvalue weighted by Crippen LogP contribution is -2.50. The van der Waals surface area contributed by atoms with E-state index in [9.17, 15) is 18.0 Å². The normalized spacial score (nSPS) is 11.9. The fraction of sp³-hybridized carbons (Fsp3) is 0.355. The number of carbonyl (C=O) groups is 2. The molecule has 1 unspecified atom stereocenters. The van der Waals surface area contributed by atoms with E-state index in [1.165, 1.54) is 4.31 Å². The van der Waals surface area contributed by atoms with E-state index in [1.54, 1.807) is 35.2 Å².